The van der Waals surface area contributed by atoms with Crippen LogP contribution in [-0.2, 0) is 10.0 Å². The summed E-state index contributed by atoms with van der Waals surface area (Å²) in [5.74, 6) is -0.216. The van der Waals surface area contributed by atoms with Gasteiger partial charge < -0.3 is 5.32 Å². The van der Waals surface area contributed by atoms with Gasteiger partial charge in [-0.15, -0.1) is 0 Å². The Labute approximate surface area is 191 Å². The molecule has 0 bridgehead atoms. The predicted octanol–water partition coefficient (Wildman–Crippen LogP) is 5.06. The summed E-state index contributed by atoms with van der Waals surface area (Å²) in [4.78, 5) is 17.4. The van der Waals surface area contributed by atoms with Crippen LogP contribution in [0, 0.1) is 0 Å². The molecule has 1 aromatic heterocycles. The third kappa shape index (κ3) is 4.36. The van der Waals surface area contributed by atoms with Gasteiger partial charge in [0.1, 0.15) is 5.82 Å². The zero-order valence-electron chi connectivity index (χ0n) is 17.4. The van der Waals surface area contributed by atoms with Gasteiger partial charge in [-0.1, -0.05) is 54.1 Å². The van der Waals surface area contributed by atoms with E-state index in [4.69, 9.17) is 11.6 Å². The van der Waals surface area contributed by atoms with Gasteiger partial charge in [-0.3, -0.25) is 4.79 Å². The fourth-order valence-corrected chi connectivity index (χ4v) is 4.38. The number of amides is 1. The Hall–Kier alpha value is -3.26. The van der Waals surface area contributed by atoms with E-state index in [1.807, 2.05) is 48.5 Å². The van der Waals surface area contributed by atoms with E-state index >= 15 is 0 Å². The highest BCUT2D eigenvalue weighted by Gasteiger charge is 2.21. The molecule has 0 aliphatic heterocycles. The molecule has 3 aromatic carbocycles. The van der Waals surface area contributed by atoms with E-state index in [0.717, 1.165) is 20.6 Å². The van der Waals surface area contributed by atoms with E-state index in [-0.39, 0.29) is 15.5 Å². The first-order chi connectivity index (χ1) is 15.3. The van der Waals surface area contributed by atoms with Crippen molar-refractivity contribution >= 4 is 44.1 Å². The zero-order chi connectivity index (χ0) is 22.9. The lowest BCUT2D eigenvalue weighted by molar-refractivity contribution is 0.102. The second-order valence-corrected chi connectivity index (χ2v) is 9.91. The topological polar surface area (TPSA) is 79.4 Å². The van der Waals surface area contributed by atoms with Crippen LogP contribution in [0.3, 0.4) is 0 Å². The van der Waals surface area contributed by atoms with E-state index in [9.17, 15) is 13.2 Å². The summed E-state index contributed by atoms with van der Waals surface area (Å²) >= 11 is 6.18. The molecular weight excluding hydrogens is 446 g/mol. The van der Waals surface area contributed by atoms with Gasteiger partial charge in [0.15, 0.2) is 0 Å². The molecule has 1 amide bonds. The maximum Gasteiger partial charge on any atom is 0.258 e. The summed E-state index contributed by atoms with van der Waals surface area (Å²) in [5.41, 5.74) is 1.66. The summed E-state index contributed by atoms with van der Waals surface area (Å²) in [6, 6.07) is 23.4. The molecule has 0 fully saturated rings. The molecule has 162 valence electrons. The first-order valence-corrected chi connectivity index (χ1v) is 11.6. The number of anilines is 1. The first-order valence-electron chi connectivity index (χ1n) is 9.75. The van der Waals surface area contributed by atoms with E-state index in [1.54, 1.807) is 12.1 Å². The van der Waals surface area contributed by atoms with Crippen LogP contribution in [0.2, 0.25) is 5.02 Å². The number of hydrogen-bond acceptors (Lipinski definition) is 4. The molecule has 1 heterocycles. The Bertz CT molecular complexity index is 1440. The van der Waals surface area contributed by atoms with Gasteiger partial charge in [0.05, 0.1) is 21.2 Å². The summed E-state index contributed by atoms with van der Waals surface area (Å²) in [6.45, 7) is 0. The third-order valence-corrected chi connectivity index (χ3v) is 7.14. The average Bonchev–Trinajstić information content (AvgIpc) is 2.79. The molecule has 0 unspecified atom stereocenters. The molecule has 0 saturated heterocycles. The number of fused-ring (bicyclic) bond motifs is 1. The molecule has 0 atom stereocenters. The van der Waals surface area contributed by atoms with Crippen molar-refractivity contribution in [1.29, 1.82) is 0 Å². The monoisotopic (exact) mass is 465 g/mol. The maximum absolute atomic E-state index is 12.9. The van der Waals surface area contributed by atoms with E-state index < -0.39 is 15.9 Å². The van der Waals surface area contributed by atoms with E-state index in [1.165, 1.54) is 32.3 Å². The van der Waals surface area contributed by atoms with Crippen molar-refractivity contribution in [1.82, 2.24) is 9.29 Å². The molecule has 4 rings (SSSR count). The number of sulfonamides is 1. The van der Waals surface area contributed by atoms with Crippen molar-refractivity contribution in [2.75, 3.05) is 19.4 Å². The zero-order valence-corrected chi connectivity index (χ0v) is 19.0. The minimum atomic E-state index is -3.70. The molecule has 8 heteroatoms. The van der Waals surface area contributed by atoms with Crippen LogP contribution in [0.5, 0.6) is 0 Å². The van der Waals surface area contributed by atoms with E-state index in [0.29, 0.717) is 11.5 Å². The summed E-state index contributed by atoms with van der Waals surface area (Å²) < 4.78 is 25.9. The molecule has 0 saturated carbocycles. The lowest BCUT2D eigenvalue weighted by atomic mass is 10.0. The van der Waals surface area contributed by atoms with Gasteiger partial charge in [0.2, 0.25) is 10.0 Å². The van der Waals surface area contributed by atoms with Gasteiger partial charge in [0.25, 0.3) is 5.91 Å². The normalized spacial score (nSPS) is 11.6. The minimum absolute atomic E-state index is 0.0186. The second-order valence-electron chi connectivity index (χ2n) is 7.35. The number of benzene rings is 3. The van der Waals surface area contributed by atoms with Crippen LogP contribution < -0.4 is 5.32 Å². The largest absolute Gasteiger partial charge is 0.306 e. The van der Waals surface area contributed by atoms with Gasteiger partial charge >= 0.3 is 0 Å². The molecular formula is C24H20ClN3O3S. The number of nitrogens with one attached hydrogen (secondary N) is 1. The molecule has 4 aromatic rings. The summed E-state index contributed by atoms with van der Waals surface area (Å²) in [5, 5.41) is 5.07. The van der Waals surface area contributed by atoms with Crippen LogP contribution in [0.15, 0.2) is 83.8 Å². The number of nitrogens with zero attached hydrogens (tertiary/aromatic N) is 2. The molecule has 0 radical (unpaired) electrons. The summed E-state index contributed by atoms with van der Waals surface area (Å²) in [7, 11) is -0.859. The van der Waals surface area contributed by atoms with Crippen LogP contribution in [0.25, 0.3) is 22.0 Å². The number of pyridine rings is 1. The number of carbonyl (C=O) groups is 1. The van der Waals surface area contributed by atoms with Gasteiger partial charge in [0, 0.05) is 19.7 Å². The van der Waals surface area contributed by atoms with Crippen molar-refractivity contribution < 1.29 is 13.2 Å². The van der Waals surface area contributed by atoms with Gasteiger partial charge in [-0.2, -0.15) is 0 Å². The SMILES string of the molecule is CN(C)S(=O)(=O)c1ccc(Cl)c(C(=O)Nc2cccc(-c3ccc4ccccc4c3)n2)c1. The predicted molar refractivity (Wildman–Crippen MR) is 127 cm³/mol. The summed E-state index contributed by atoms with van der Waals surface area (Å²) in [6.07, 6.45) is 0. The number of hydrogen-bond donors (Lipinski definition) is 1. The molecule has 0 aliphatic rings. The fourth-order valence-electron chi connectivity index (χ4n) is 3.25. The molecule has 0 aliphatic carbocycles. The van der Waals surface area contributed by atoms with Crippen molar-refractivity contribution in [3.63, 3.8) is 0 Å². The molecule has 0 spiro atoms. The van der Waals surface area contributed by atoms with Gasteiger partial charge in [-0.05, 0) is 47.2 Å². The van der Waals surface area contributed by atoms with Gasteiger partial charge in [-0.25, -0.2) is 17.7 Å². The Morgan fingerprint density at radius 1 is 0.906 bits per heavy atom. The average molecular weight is 466 g/mol. The van der Waals surface area contributed by atoms with Crippen molar-refractivity contribution in [2.24, 2.45) is 0 Å². The maximum atomic E-state index is 12.9. The Balaban J connectivity index is 1.63. The van der Waals surface area contributed by atoms with Crippen molar-refractivity contribution in [2.45, 2.75) is 4.90 Å². The lowest BCUT2D eigenvalue weighted by Gasteiger charge is -2.13. The van der Waals surface area contributed by atoms with Crippen molar-refractivity contribution in [3.8, 4) is 11.3 Å². The smallest absolute Gasteiger partial charge is 0.258 e. The lowest BCUT2D eigenvalue weighted by Crippen LogP contribution is -2.23. The van der Waals surface area contributed by atoms with Crippen LogP contribution in [0.1, 0.15) is 10.4 Å². The van der Waals surface area contributed by atoms with Crippen LogP contribution in [0.4, 0.5) is 5.82 Å². The molecule has 32 heavy (non-hydrogen) atoms. The number of carbonyl (C=O) groups excluding carboxylic acids is 1. The Kier molecular flexibility index (Phi) is 5.97. The number of halogens is 1. The standard InChI is InChI=1S/C24H20ClN3O3S/c1-28(2)32(30,31)19-12-13-21(25)20(15-19)24(29)27-23-9-5-8-22(26-23)18-11-10-16-6-3-4-7-17(16)14-18/h3-15H,1-2H3,(H,26,27,29). The highest BCUT2D eigenvalue weighted by atomic mass is 35.5. The molecule has 1 N–H and O–H groups in total. The van der Waals surface area contributed by atoms with Crippen LogP contribution >= 0.6 is 11.6 Å². The first kappa shape index (κ1) is 22.0. The Morgan fingerprint density at radius 2 is 1.66 bits per heavy atom. The number of rotatable bonds is 5. The number of aromatic nitrogens is 1. The highest BCUT2D eigenvalue weighted by Crippen LogP contribution is 2.26. The van der Waals surface area contributed by atoms with E-state index in [2.05, 4.69) is 10.3 Å². The second kappa shape index (κ2) is 8.70. The minimum Gasteiger partial charge on any atom is -0.306 e. The Morgan fingerprint density at radius 3 is 2.41 bits per heavy atom. The highest BCUT2D eigenvalue weighted by molar-refractivity contribution is 7.89. The molecule has 6 nitrogen and oxygen atoms in total. The quantitative estimate of drug-likeness (QED) is 0.447. The fraction of sp³-hybridized carbons (Fsp3) is 0.0833. The van der Waals surface area contributed by atoms with Crippen LogP contribution in [-0.4, -0.2) is 37.7 Å². The van der Waals surface area contributed by atoms with Crippen molar-refractivity contribution in [3.05, 3.63) is 89.4 Å². The third-order valence-electron chi connectivity index (χ3n) is 5.00.